The Morgan fingerprint density at radius 1 is 1.25 bits per heavy atom. The van der Waals surface area contributed by atoms with Crippen LogP contribution in [0.1, 0.15) is 37.2 Å². The van der Waals surface area contributed by atoms with Crippen molar-refractivity contribution in [3.63, 3.8) is 0 Å². The van der Waals surface area contributed by atoms with Crippen LogP contribution < -0.4 is 0 Å². The second kappa shape index (κ2) is 6.92. The molecule has 5 nitrogen and oxygen atoms in total. The minimum Gasteiger partial charge on any atom is -0.368 e. The summed E-state index contributed by atoms with van der Waals surface area (Å²) < 4.78 is 20.0. The number of Topliss-reactive ketones (excluding diaryl/α,β-unsaturated/α-hetero) is 1. The van der Waals surface area contributed by atoms with Crippen LogP contribution in [0.15, 0.2) is 36.2 Å². The first-order valence-electron chi connectivity index (χ1n) is 8.97. The summed E-state index contributed by atoms with van der Waals surface area (Å²) in [6.07, 6.45) is 4.60. The molecular formula is C22H22FN3O2. The van der Waals surface area contributed by atoms with Crippen LogP contribution in [0.5, 0.6) is 0 Å². The first-order chi connectivity index (χ1) is 13.1. The zero-order chi connectivity index (χ0) is 20.7. The molecule has 144 valence electrons. The number of allylic oxidation sites excluding steroid dienone is 1. The maximum Gasteiger partial charge on any atom is 0.178 e. The van der Waals surface area contributed by atoms with Gasteiger partial charge in [-0.15, -0.1) is 0 Å². The van der Waals surface area contributed by atoms with Gasteiger partial charge < -0.3 is 4.74 Å². The molecule has 0 aliphatic heterocycles. The SMILES string of the molecule is COC1(c2ncc(F)cc2-c2ccnc(C)c2C)C=C(C#N)C(=O)C(C)(C)C1. The molecule has 6 heteroatoms. The first-order valence-corrected chi connectivity index (χ1v) is 8.97. The number of pyridine rings is 2. The van der Waals surface area contributed by atoms with Crippen molar-refractivity contribution in [2.24, 2.45) is 5.41 Å². The van der Waals surface area contributed by atoms with E-state index in [4.69, 9.17) is 4.74 Å². The van der Waals surface area contributed by atoms with E-state index in [1.54, 1.807) is 26.1 Å². The Morgan fingerprint density at radius 2 is 1.96 bits per heavy atom. The maximum atomic E-state index is 14.2. The fourth-order valence-electron chi connectivity index (χ4n) is 3.83. The lowest BCUT2D eigenvalue weighted by Crippen LogP contribution is -2.43. The van der Waals surface area contributed by atoms with E-state index in [2.05, 4.69) is 9.97 Å². The number of nitrogens with zero attached hydrogens (tertiary/aromatic N) is 3. The fraction of sp³-hybridized carbons (Fsp3) is 0.364. The Labute approximate surface area is 163 Å². The molecule has 3 rings (SSSR count). The molecule has 2 aromatic rings. The number of aryl methyl sites for hydroxylation is 1. The van der Waals surface area contributed by atoms with Crippen molar-refractivity contribution in [2.45, 2.75) is 39.7 Å². The molecular weight excluding hydrogens is 357 g/mol. The van der Waals surface area contributed by atoms with Gasteiger partial charge in [-0.1, -0.05) is 13.8 Å². The number of carbonyl (C=O) groups excluding carboxylic acids is 1. The van der Waals surface area contributed by atoms with Gasteiger partial charge in [0.2, 0.25) is 0 Å². The molecule has 0 bridgehead atoms. The van der Waals surface area contributed by atoms with Crippen LogP contribution in [0.4, 0.5) is 4.39 Å². The van der Waals surface area contributed by atoms with Crippen molar-refractivity contribution >= 4 is 5.78 Å². The fourth-order valence-corrected chi connectivity index (χ4v) is 3.83. The second-order valence-corrected chi connectivity index (χ2v) is 7.77. The number of hydrogen-bond acceptors (Lipinski definition) is 5. The lowest BCUT2D eigenvalue weighted by molar-refractivity contribution is -0.128. The van der Waals surface area contributed by atoms with Gasteiger partial charge in [0.15, 0.2) is 5.78 Å². The first kappa shape index (κ1) is 19.8. The molecule has 0 radical (unpaired) electrons. The Morgan fingerprint density at radius 3 is 2.61 bits per heavy atom. The number of hydrogen-bond donors (Lipinski definition) is 0. The standard InChI is InChI=1S/C22H22FN3O2/c1-13-14(2)25-7-6-17(13)18-8-16(23)11-26-19(18)22(28-5)9-15(10-24)20(27)21(3,4)12-22/h6-9,11H,12H2,1-5H3. The number of methoxy groups -OCH3 is 1. The number of rotatable bonds is 3. The van der Waals surface area contributed by atoms with E-state index in [0.29, 0.717) is 11.3 Å². The molecule has 0 N–H and O–H groups in total. The van der Waals surface area contributed by atoms with Crippen LogP contribution in [-0.4, -0.2) is 22.9 Å². The van der Waals surface area contributed by atoms with E-state index in [-0.39, 0.29) is 17.8 Å². The minimum absolute atomic E-state index is 0.0257. The number of halogens is 1. The molecule has 0 saturated carbocycles. The van der Waals surface area contributed by atoms with Crippen LogP contribution in [0.25, 0.3) is 11.1 Å². The Kier molecular flexibility index (Phi) is 4.90. The van der Waals surface area contributed by atoms with E-state index >= 15 is 0 Å². The summed E-state index contributed by atoms with van der Waals surface area (Å²) in [5, 5.41) is 9.50. The van der Waals surface area contributed by atoms with Gasteiger partial charge in [-0.05, 0) is 49.6 Å². The van der Waals surface area contributed by atoms with Gasteiger partial charge in [0.05, 0.1) is 17.5 Å². The average Bonchev–Trinajstić information content (AvgIpc) is 2.66. The number of aromatic nitrogens is 2. The molecule has 1 unspecified atom stereocenters. The average molecular weight is 379 g/mol. The molecule has 28 heavy (non-hydrogen) atoms. The van der Waals surface area contributed by atoms with E-state index in [0.717, 1.165) is 23.0 Å². The van der Waals surface area contributed by atoms with E-state index < -0.39 is 16.8 Å². The van der Waals surface area contributed by atoms with E-state index in [1.165, 1.54) is 19.3 Å². The van der Waals surface area contributed by atoms with Crippen molar-refractivity contribution in [1.29, 1.82) is 5.26 Å². The molecule has 0 saturated heterocycles. The van der Waals surface area contributed by atoms with Gasteiger partial charge in [0.25, 0.3) is 0 Å². The molecule has 0 aromatic carbocycles. The minimum atomic E-state index is -1.13. The smallest absolute Gasteiger partial charge is 0.178 e. The molecule has 0 amide bonds. The molecule has 1 aliphatic carbocycles. The van der Waals surface area contributed by atoms with E-state index in [1.807, 2.05) is 19.9 Å². The third-order valence-electron chi connectivity index (χ3n) is 5.43. The topological polar surface area (TPSA) is 75.9 Å². The third-order valence-corrected chi connectivity index (χ3v) is 5.43. The summed E-state index contributed by atoms with van der Waals surface area (Å²) in [5.74, 6) is -0.711. The van der Waals surface area contributed by atoms with Crippen molar-refractivity contribution in [2.75, 3.05) is 7.11 Å². The summed E-state index contributed by atoms with van der Waals surface area (Å²) in [5.41, 5.74) is 1.61. The summed E-state index contributed by atoms with van der Waals surface area (Å²) in [6.45, 7) is 7.35. The predicted octanol–water partition coefficient (Wildman–Crippen LogP) is 4.19. The van der Waals surface area contributed by atoms with Gasteiger partial charge in [-0.3, -0.25) is 14.8 Å². The Balaban J connectivity index is 2.34. The second-order valence-electron chi connectivity index (χ2n) is 7.77. The molecule has 0 spiro atoms. The number of nitriles is 1. The normalized spacial score (nSPS) is 21.2. The maximum absolute atomic E-state index is 14.2. The lowest BCUT2D eigenvalue weighted by atomic mass is 9.68. The molecule has 1 atom stereocenters. The Hall–Kier alpha value is -2.91. The van der Waals surface area contributed by atoms with Crippen molar-refractivity contribution in [1.82, 2.24) is 9.97 Å². The lowest BCUT2D eigenvalue weighted by Gasteiger charge is -2.40. The highest BCUT2D eigenvalue weighted by Gasteiger charge is 2.48. The number of ketones is 1. The predicted molar refractivity (Wildman–Crippen MR) is 103 cm³/mol. The van der Waals surface area contributed by atoms with Crippen LogP contribution >= 0.6 is 0 Å². The molecule has 0 fully saturated rings. The zero-order valence-electron chi connectivity index (χ0n) is 16.6. The zero-order valence-corrected chi connectivity index (χ0v) is 16.6. The quantitative estimate of drug-likeness (QED) is 0.799. The van der Waals surface area contributed by atoms with Gasteiger partial charge in [0, 0.05) is 30.0 Å². The van der Waals surface area contributed by atoms with Crippen LogP contribution in [0.2, 0.25) is 0 Å². The van der Waals surface area contributed by atoms with Gasteiger partial charge in [0.1, 0.15) is 17.5 Å². The highest BCUT2D eigenvalue weighted by atomic mass is 19.1. The van der Waals surface area contributed by atoms with Crippen molar-refractivity contribution < 1.29 is 13.9 Å². The summed E-state index contributed by atoms with van der Waals surface area (Å²) >= 11 is 0. The van der Waals surface area contributed by atoms with E-state index in [9.17, 15) is 14.4 Å². The van der Waals surface area contributed by atoms with Gasteiger partial charge in [-0.25, -0.2) is 4.39 Å². The number of carbonyl (C=O) groups is 1. The van der Waals surface area contributed by atoms with Crippen LogP contribution in [-0.2, 0) is 15.1 Å². The number of ether oxygens (including phenoxy) is 1. The van der Waals surface area contributed by atoms with Crippen LogP contribution in [0.3, 0.4) is 0 Å². The molecule has 1 aliphatic rings. The van der Waals surface area contributed by atoms with Crippen LogP contribution in [0, 0.1) is 36.4 Å². The summed E-state index contributed by atoms with van der Waals surface area (Å²) in [6, 6.07) is 5.20. The summed E-state index contributed by atoms with van der Waals surface area (Å²) in [4.78, 5) is 21.2. The Bertz CT molecular complexity index is 1040. The van der Waals surface area contributed by atoms with Gasteiger partial charge >= 0.3 is 0 Å². The highest BCUT2D eigenvalue weighted by Crippen LogP contribution is 2.47. The molecule has 2 aromatic heterocycles. The van der Waals surface area contributed by atoms with Gasteiger partial charge in [-0.2, -0.15) is 5.26 Å². The monoisotopic (exact) mass is 379 g/mol. The summed E-state index contributed by atoms with van der Waals surface area (Å²) in [7, 11) is 1.51. The van der Waals surface area contributed by atoms with Crippen molar-refractivity contribution in [3.05, 3.63) is 58.9 Å². The third kappa shape index (κ3) is 3.12. The largest absolute Gasteiger partial charge is 0.368 e. The highest BCUT2D eigenvalue weighted by molar-refractivity contribution is 6.04. The molecule has 2 heterocycles. The van der Waals surface area contributed by atoms with Crippen molar-refractivity contribution in [3.8, 4) is 17.2 Å².